The maximum absolute atomic E-state index is 9.88. The quantitative estimate of drug-likeness (QED) is 0.726. The van der Waals surface area contributed by atoms with Crippen LogP contribution in [-0.2, 0) is 0 Å². The highest BCUT2D eigenvalue weighted by molar-refractivity contribution is 5.86. The lowest BCUT2D eigenvalue weighted by Crippen LogP contribution is -2.22. The Labute approximate surface area is 93.6 Å². The SMILES string of the molecule is OC[C@H](O)C(O)c1cccc2ccccc12. The van der Waals surface area contributed by atoms with Crippen molar-refractivity contribution in [2.24, 2.45) is 0 Å². The molecule has 0 bridgehead atoms. The zero-order valence-electron chi connectivity index (χ0n) is 8.74. The summed E-state index contributed by atoms with van der Waals surface area (Å²) in [5.41, 5.74) is 0.639. The summed E-state index contributed by atoms with van der Waals surface area (Å²) in [6, 6.07) is 13.1. The van der Waals surface area contributed by atoms with Crippen LogP contribution in [0.3, 0.4) is 0 Å². The van der Waals surface area contributed by atoms with E-state index in [0.29, 0.717) is 5.56 Å². The molecule has 0 saturated carbocycles. The summed E-state index contributed by atoms with van der Waals surface area (Å²) >= 11 is 0. The van der Waals surface area contributed by atoms with Gasteiger partial charge in [0, 0.05) is 0 Å². The summed E-state index contributed by atoms with van der Waals surface area (Å²) < 4.78 is 0. The largest absolute Gasteiger partial charge is 0.394 e. The number of fused-ring (bicyclic) bond motifs is 1. The van der Waals surface area contributed by atoms with Crippen molar-refractivity contribution in [1.29, 1.82) is 0 Å². The van der Waals surface area contributed by atoms with Crippen LogP contribution in [0.1, 0.15) is 11.7 Å². The van der Waals surface area contributed by atoms with E-state index in [4.69, 9.17) is 5.11 Å². The first-order valence-electron chi connectivity index (χ1n) is 5.18. The standard InChI is InChI=1S/C13H14O3/c14-8-12(15)13(16)11-7-3-5-9-4-1-2-6-10(9)11/h1-7,12-16H,8H2/t12-,13?/m0/s1. The number of benzene rings is 2. The summed E-state index contributed by atoms with van der Waals surface area (Å²) in [5.74, 6) is 0. The fraction of sp³-hybridized carbons (Fsp3) is 0.231. The minimum atomic E-state index is -1.15. The Kier molecular flexibility index (Phi) is 3.19. The van der Waals surface area contributed by atoms with Gasteiger partial charge in [-0.3, -0.25) is 0 Å². The van der Waals surface area contributed by atoms with E-state index in [0.717, 1.165) is 10.8 Å². The van der Waals surface area contributed by atoms with Crippen LogP contribution in [0.5, 0.6) is 0 Å². The highest BCUT2D eigenvalue weighted by atomic mass is 16.4. The molecule has 0 heterocycles. The van der Waals surface area contributed by atoms with E-state index in [1.165, 1.54) is 0 Å². The Morgan fingerprint density at radius 2 is 1.62 bits per heavy atom. The van der Waals surface area contributed by atoms with Crippen LogP contribution in [0, 0.1) is 0 Å². The average Bonchev–Trinajstić information content (AvgIpc) is 2.36. The lowest BCUT2D eigenvalue weighted by molar-refractivity contribution is -0.0145. The van der Waals surface area contributed by atoms with Crippen LogP contribution in [0.4, 0.5) is 0 Å². The summed E-state index contributed by atoms with van der Waals surface area (Å²) in [6.07, 6.45) is -2.21. The molecule has 0 aliphatic carbocycles. The number of aliphatic hydroxyl groups is 3. The molecule has 2 atom stereocenters. The Hall–Kier alpha value is -1.42. The van der Waals surface area contributed by atoms with Crippen LogP contribution in [0.2, 0.25) is 0 Å². The van der Waals surface area contributed by atoms with Crippen molar-refractivity contribution in [3.63, 3.8) is 0 Å². The van der Waals surface area contributed by atoms with E-state index in [-0.39, 0.29) is 0 Å². The van der Waals surface area contributed by atoms with Crippen molar-refractivity contribution in [1.82, 2.24) is 0 Å². The Balaban J connectivity index is 2.52. The smallest absolute Gasteiger partial charge is 0.108 e. The molecule has 0 aromatic heterocycles. The van der Waals surface area contributed by atoms with Crippen molar-refractivity contribution in [2.45, 2.75) is 12.2 Å². The summed E-state index contributed by atoms with van der Waals surface area (Å²) in [4.78, 5) is 0. The highest BCUT2D eigenvalue weighted by Crippen LogP contribution is 2.25. The van der Waals surface area contributed by atoms with Crippen LogP contribution in [0.25, 0.3) is 10.8 Å². The number of hydrogen-bond acceptors (Lipinski definition) is 3. The molecule has 2 aromatic rings. The summed E-state index contributed by atoms with van der Waals surface area (Å²) in [7, 11) is 0. The third-order valence-corrected chi connectivity index (χ3v) is 2.69. The fourth-order valence-corrected chi connectivity index (χ4v) is 1.82. The van der Waals surface area contributed by atoms with Crippen molar-refractivity contribution in [2.75, 3.05) is 6.61 Å². The topological polar surface area (TPSA) is 60.7 Å². The van der Waals surface area contributed by atoms with Gasteiger partial charge in [0.1, 0.15) is 12.2 Å². The second-order valence-corrected chi connectivity index (χ2v) is 3.76. The molecule has 0 aliphatic heterocycles. The molecule has 0 amide bonds. The Morgan fingerprint density at radius 1 is 0.938 bits per heavy atom. The number of aliphatic hydroxyl groups excluding tert-OH is 3. The van der Waals surface area contributed by atoms with Gasteiger partial charge in [-0.2, -0.15) is 0 Å². The predicted octanol–water partition coefficient (Wildman–Crippen LogP) is 1.23. The first kappa shape index (κ1) is 11.1. The molecule has 2 aromatic carbocycles. The lowest BCUT2D eigenvalue weighted by atomic mass is 9.98. The van der Waals surface area contributed by atoms with Crippen LogP contribution in [-0.4, -0.2) is 28.0 Å². The van der Waals surface area contributed by atoms with E-state index in [9.17, 15) is 10.2 Å². The van der Waals surface area contributed by atoms with Gasteiger partial charge in [-0.1, -0.05) is 42.5 Å². The third-order valence-electron chi connectivity index (χ3n) is 2.69. The van der Waals surface area contributed by atoms with Gasteiger partial charge in [-0.15, -0.1) is 0 Å². The molecule has 0 saturated heterocycles. The molecular weight excluding hydrogens is 204 g/mol. The third kappa shape index (κ3) is 1.93. The van der Waals surface area contributed by atoms with E-state index in [2.05, 4.69) is 0 Å². The normalized spacial score (nSPS) is 14.9. The molecule has 0 spiro atoms. The Morgan fingerprint density at radius 3 is 2.38 bits per heavy atom. The van der Waals surface area contributed by atoms with E-state index in [1.807, 2.05) is 36.4 Å². The van der Waals surface area contributed by atoms with Crippen LogP contribution >= 0.6 is 0 Å². The number of rotatable bonds is 3. The average molecular weight is 218 g/mol. The van der Waals surface area contributed by atoms with Crippen molar-refractivity contribution in [3.05, 3.63) is 48.0 Å². The zero-order chi connectivity index (χ0) is 11.5. The fourth-order valence-electron chi connectivity index (χ4n) is 1.82. The Bertz CT molecular complexity index is 476. The molecule has 0 aliphatic rings. The molecule has 1 unspecified atom stereocenters. The zero-order valence-corrected chi connectivity index (χ0v) is 8.74. The molecule has 84 valence electrons. The van der Waals surface area contributed by atoms with Gasteiger partial charge < -0.3 is 15.3 Å². The first-order valence-corrected chi connectivity index (χ1v) is 5.18. The minimum Gasteiger partial charge on any atom is -0.394 e. The van der Waals surface area contributed by atoms with Gasteiger partial charge in [0.2, 0.25) is 0 Å². The van der Waals surface area contributed by atoms with Gasteiger partial charge in [0.25, 0.3) is 0 Å². The van der Waals surface area contributed by atoms with Crippen molar-refractivity contribution in [3.8, 4) is 0 Å². The molecular formula is C13H14O3. The molecule has 3 heteroatoms. The van der Waals surface area contributed by atoms with Gasteiger partial charge in [-0.25, -0.2) is 0 Å². The molecule has 3 nitrogen and oxygen atoms in total. The summed E-state index contributed by atoms with van der Waals surface area (Å²) in [5, 5.41) is 30.0. The molecule has 16 heavy (non-hydrogen) atoms. The number of hydrogen-bond donors (Lipinski definition) is 3. The molecule has 2 rings (SSSR count). The van der Waals surface area contributed by atoms with Gasteiger partial charge in [0.05, 0.1) is 6.61 Å². The monoisotopic (exact) mass is 218 g/mol. The minimum absolute atomic E-state index is 0.454. The first-order chi connectivity index (χ1) is 7.74. The second-order valence-electron chi connectivity index (χ2n) is 3.76. The van der Waals surface area contributed by atoms with Gasteiger partial charge in [-0.05, 0) is 16.3 Å². The predicted molar refractivity (Wildman–Crippen MR) is 62.0 cm³/mol. The molecule has 3 N–H and O–H groups in total. The van der Waals surface area contributed by atoms with E-state index >= 15 is 0 Å². The second kappa shape index (κ2) is 4.61. The highest BCUT2D eigenvalue weighted by Gasteiger charge is 2.18. The van der Waals surface area contributed by atoms with Crippen molar-refractivity contribution < 1.29 is 15.3 Å². The van der Waals surface area contributed by atoms with E-state index in [1.54, 1.807) is 6.07 Å². The summed E-state index contributed by atoms with van der Waals surface area (Å²) in [6.45, 7) is -0.454. The van der Waals surface area contributed by atoms with Crippen molar-refractivity contribution >= 4 is 10.8 Å². The maximum atomic E-state index is 9.88. The molecule has 0 radical (unpaired) electrons. The van der Waals surface area contributed by atoms with Gasteiger partial charge in [0.15, 0.2) is 0 Å². The van der Waals surface area contributed by atoms with Gasteiger partial charge >= 0.3 is 0 Å². The lowest BCUT2D eigenvalue weighted by Gasteiger charge is -2.17. The molecule has 0 fully saturated rings. The van der Waals surface area contributed by atoms with E-state index < -0.39 is 18.8 Å². The maximum Gasteiger partial charge on any atom is 0.108 e. The van der Waals surface area contributed by atoms with Crippen LogP contribution in [0.15, 0.2) is 42.5 Å². The van der Waals surface area contributed by atoms with Crippen LogP contribution < -0.4 is 0 Å².